The average Bonchev–Trinajstić information content (AvgIpc) is 2.18. The molecule has 0 fully saturated rings. The summed E-state index contributed by atoms with van der Waals surface area (Å²) in [7, 11) is 0. The first kappa shape index (κ1) is 10.9. The van der Waals surface area contributed by atoms with E-state index in [4.69, 9.17) is 5.11 Å². The van der Waals surface area contributed by atoms with Crippen LogP contribution in [0.4, 0.5) is 8.78 Å². The molecule has 0 saturated carbocycles. The summed E-state index contributed by atoms with van der Waals surface area (Å²) in [6.07, 6.45) is 1.93. The second-order valence-electron chi connectivity index (χ2n) is 2.95. The molecular weight excluding hydrogens is 186 g/mol. The molecule has 0 aliphatic rings. The van der Waals surface area contributed by atoms with Crippen LogP contribution < -0.4 is 0 Å². The van der Waals surface area contributed by atoms with Gasteiger partial charge in [-0.05, 0) is 30.2 Å². The zero-order valence-electron chi connectivity index (χ0n) is 7.93. The van der Waals surface area contributed by atoms with Gasteiger partial charge in [-0.3, -0.25) is 0 Å². The van der Waals surface area contributed by atoms with Crippen molar-refractivity contribution in [3.63, 3.8) is 0 Å². The molecule has 0 atom stereocenters. The smallest absolute Gasteiger partial charge is 0.133 e. The van der Waals surface area contributed by atoms with Crippen LogP contribution in [0.2, 0.25) is 0 Å². The van der Waals surface area contributed by atoms with Crippen LogP contribution in [0.1, 0.15) is 18.9 Å². The number of hydrogen-bond donors (Lipinski definition) is 1. The van der Waals surface area contributed by atoms with Crippen molar-refractivity contribution in [2.24, 2.45) is 0 Å². The van der Waals surface area contributed by atoms with Crippen LogP contribution in [-0.2, 0) is 0 Å². The van der Waals surface area contributed by atoms with E-state index in [-0.39, 0.29) is 12.2 Å². The predicted octanol–water partition coefficient (Wildman–Crippen LogP) is 2.75. The highest BCUT2D eigenvalue weighted by Gasteiger charge is 2.05. The zero-order chi connectivity index (χ0) is 10.6. The molecule has 0 unspecified atom stereocenters. The molecule has 1 rings (SSSR count). The fourth-order valence-electron chi connectivity index (χ4n) is 1.11. The van der Waals surface area contributed by atoms with Crippen molar-refractivity contribution in [2.75, 3.05) is 6.61 Å². The Balaban J connectivity index is 3.12. The van der Waals surface area contributed by atoms with Gasteiger partial charge in [-0.1, -0.05) is 13.0 Å². The van der Waals surface area contributed by atoms with Crippen LogP contribution in [-0.4, -0.2) is 11.7 Å². The second-order valence-corrected chi connectivity index (χ2v) is 2.95. The predicted molar refractivity (Wildman–Crippen MR) is 51.7 cm³/mol. The van der Waals surface area contributed by atoms with E-state index in [2.05, 4.69) is 0 Å². The number of benzene rings is 1. The molecule has 1 N–H and O–H groups in total. The van der Waals surface area contributed by atoms with Gasteiger partial charge in [0.25, 0.3) is 0 Å². The molecule has 76 valence electrons. The molecule has 0 aromatic heterocycles. The molecule has 0 aliphatic carbocycles. The lowest BCUT2D eigenvalue weighted by molar-refractivity contribution is 0.329. The molecule has 1 nitrogen and oxygen atoms in total. The van der Waals surface area contributed by atoms with Gasteiger partial charge in [-0.25, -0.2) is 8.78 Å². The Kier molecular flexibility index (Phi) is 3.77. The molecule has 0 bridgehead atoms. The molecule has 0 aliphatic heterocycles. The summed E-state index contributed by atoms with van der Waals surface area (Å²) in [5.41, 5.74) is 0.521. The maximum absolute atomic E-state index is 13.1. The molecule has 0 saturated heterocycles. The highest BCUT2D eigenvalue weighted by atomic mass is 19.1. The molecule has 0 amide bonds. The minimum atomic E-state index is -0.607. The van der Waals surface area contributed by atoms with Crippen LogP contribution in [0, 0.1) is 11.6 Å². The van der Waals surface area contributed by atoms with Crippen LogP contribution in [0.3, 0.4) is 0 Å². The standard InChI is InChI=1S/C11H12F2O/c1-2-8(7-14)6-9-10(12)4-3-5-11(9)13/h3-6,14H,2,7H2,1H3. The summed E-state index contributed by atoms with van der Waals surface area (Å²) < 4.78 is 26.2. The molecule has 3 heteroatoms. The Morgan fingerprint density at radius 1 is 1.36 bits per heavy atom. The van der Waals surface area contributed by atoms with Crippen molar-refractivity contribution in [2.45, 2.75) is 13.3 Å². The fraction of sp³-hybridized carbons (Fsp3) is 0.273. The number of halogens is 2. The number of hydrogen-bond acceptors (Lipinski definition) is 1. The molecular formula is C11H12F2O. The zero-order valence-corrected chi connectivity index (χ0v) is 7.93. The van der Waals surface area contributed by atoms with Gasteiger partial charge in [0.05, 0.1) is 6.61 Å². The fourth-order valence-corrected chi connectivity index (χ4v) is 1.11. The third-order valence-electron chi connectivity index (χ3n) is 2.01. The Bertz CT molecular complexity index is 319. The van der Waals surface area contributed by atoms with Crippen molar-refractivity contribution in [3.8, 4) is 0 Å². The van der Waals surface area contributed by atoms with Crippen LogP contribution in [0.25, 0.3) is 6.08 Å². The molecule has 0 heterocycles. The Morgan fingerprint density at radius 3 is 2.36 bits per heavy atom. The van der Waals surface area contributed by atoms with Crippen molar-refractivity contribution < 1.29 is 13.9 Å². The van der Waals surface area contributed by atoms with Crippen LogP contribution >= 0.6 is 0 Å². The monoisotopic (exact) mass is 198 g/mol. The largest absolute Gasteiger partial charge is 0.392 e. The average molecular weight is 198 g/mol. The maximum Gasteiger partial charge on any atom is 0.133 e. The van der Waals surface area contributed by atoms with E-state index in [0.29, 0.717) is 12.0 Å². The van der Waals surface area contributed by atoms with E-state index in [9.17, 15) is 8.78 Å². The first-order valence-electron chi connectivity index (χ1n) is 4.43. The van der Waals surface area contributed by atoms with Crippen LogP contribution in [0.15, 0.2) is 23.8 Å². The number of aliphatic hydroxyl groups excluding tert-OH is 1. The minimum absolute atomic E-state index is 0.0848. The molecule has 0 spiro atoms. The normalized spacial score (nSPS) is 11.9. The molecule has 1 aromatic rings. The SMILES string of the molecule is CCC(=Cc1c(F)cccc1F)CO. The molecule has 0 radical (unpaired) electrons. The lowest BCUT2D eigenvalue weighted by atomic mass is 10.1. The van der Waals surface area contributed by atoms with E-state index in [1.165, 1.54) is 24.3 Å². The quantitative estimate of drug-likeness (QED) is 0.791. The minimum Gasteiger partial charge on any atom is -0.392 e. The van der Waals surface area contributed by atoms with E-state index < -0.39 is 11.6 Å². The summed E-state index contributed by atoms with van der Waals surface area (Å²) >= 11 is 0. The summed E-state index contributed by atoms with van der Waals surface area (Å²) in [6, 6.07) is 3.70. The summed E-state index contributed by atoms with van der Waals surface area (Å²) in [4.78, 5) is 0. The van der Waals surface area contributed by atoms with Gasteiger partial charge in [0.2, 0.25) is 0 Å². The van der Waals surface area contributed by atoms with Crippen LogP contribution in [0.5, 0.6) is 0 Å². The number of rotatable bonds is 3. The molecule has 1 aromatic carbocycles. The maximum atomic E-state index is 13.1. The first-order valence-corrected chi connectivity index (χ1v) is 4.43. The third-order valence-corrected chi connectivity index (χ3v) is 2.01. The van der Waals surface area contributed by atoms with Crippen molar-refractivity contribution in [1.29, 1.82) is 0 Å². The summed E-state index contributed by atoms with van der Waals surface area (Å²) in [5.74, 6) is -1.21. The summed E-state index contributed by atoms with van der Waals surface area (Å²) in [6.45, 7) is 1.64. The second kappa shape index (κ2) is 4.86. The lowest BCUT2D eigenvalue weighted by Gasteiger charge is -2.02. The van der Waals surface area contributed by atoms with Gasteiger partial charge < -0.3 is 5.11 Å². The Labute approximate surface area is 81.7 Å². The highest BCUT2D eigenvalue weighted by Crippen LogP contribution is 2.16. The van der Waals surface area contributed by atoms with Gasteiger partial charge >= 0.3 is 0 Å². The Hall–Kier alpha value is -1.22. The van der Waals surface area contributed by atoms with Gasteiger partial charge in [0.15, 0.2) is 0 Å². The van der Waals surface area contributed by atoms with E-state index >= 15 is 0 Å². The van der Waals surface area contributed by atoms with E-state index in [1.807, 2.05) is 6.92 Å². The van der Waals surface area contributed by atoms with Crippen molar-refractivity contribution in [3.05, 3.63) is 41.0 Å². The van der Waals surface area contributed by atoms with E-state index in [0.717, 1.165) is 0 Å². The topological polar surface area (TPSA) is 20.2 Å². The highest BCUT2D eigenvalue weighted by molar-refractivity contribution is 5.54. The Morgan fingerprint density at radius 2 is 1.93 bits per heavy atom. The molecule has 14 heavy (non-hydrogen) atoms. The van der Waals surface area contributed by atoms with Gasteiger partial charge in [-0.2, -0.15) is 0 Å². The van der Waals surface area contributed by atoms with E-state index in [1.54, 1.807) is 0 Å². The van der Waals surface area contributed by atoms with Gasteiger partial charge in [-0.15, -0.1) is 0 Å². The first-order chi connectivity index (χ1) is 6.69. The van der Waals surface area contributed by atoms with Gasteiger partial charge in [0.1, 0.15) is 11.6 Å². The lowest BCUT2D eigenvalue weighted by Crippen LogP contribution is -1.93. The number of aliphatic hydroxyl groups is 1. The van der Waals surface area contributed by atoms with Gasteiger partial charge in [0, 0.05) is 5.56 Å². The summed E-state index contributed by atoms with van der Waals surface area (Å²) in [5, 5.41) is 8.86. The third kappa shape index (κ3) is 2.39. The van der Waals surface area contributed by atoms with Crippen molar-refractivity contribution >= 4 is 6.08 Å². The van der Waals surface area contributed by atoms with Crippen molar-refractivity contribution in [1.82, 2.24) is 0 Å².